The topological polar surface area (TPSA) is 47.0 Å². The number of aryl methyl sites for hydroxylation is 1. The van der Waals surface area contributed by atoms with Crippen LogP contribution in [-0.4, -0.2) is 16.6 Å². The van der Waals surface area contributed by atoms with Gasteiger partial charge in [-0.25, -0.2) is 4.98 Å². The second-order valence-electron chi connectivity index (χ2n) is 2.92. The van der Waals surface area contributed by atoms with Crippen molar-refractivity contribution >= 4 is 17.6 Å². The Labute approximate surface area is 75.1 Å². The SMILES string of the molecule is Cc1ccc2c(n1)C(=O)C(=O)C=C2. The summed E-state index contributed by atoms with van der Waals surface area (Å²) in [6, 6.07) is 3.60. The second kappa shape index (κ2) is 2.62. The molecule has 0 spiro atoms. The minimum absolute atomic E-state index is 0.271. The highest BCUT2D eigenvalue weighted by molar-refractivity contribution is 6.49. The van der Waals surface area contributed by atoms with E-state index in [1.54, 1.807) is 19.1 Å². The Balaban J connectivity index is 2.67. The predicted molar refractivity (Wildman–Crippen MR) is 47.3 cm³/mol. The molecule has 0 bridgehead atoms. The van der Waals surface area contributed by atoms with Gasteiger partial charge in [-0.3, -0.25) is 9.59 Å². The number of Topliss-reactive ketones (excluding diaryl/α,β-unsaturated/α-hetero) is 1. The summed E-state index contributed by atoms with van der Waals surface area (Å²) in [7, 11) is 0. The van der Waals surface area contributed by atoms with Crippen LogP contribution >= 0.6 is 0 Å². The summed E-state index contributed by atoms with van der Waals surface area (Å²) in [6.07, 6.45) is 2.90. The van der Waals surface area contributed by atoms with E-state index in [2.05, 4.69) is 4.98 Å². The molecule has 3 nitrogen and oxygen atoms in total. The molecule has 13 heavy (non-hydrogen) atoms. The van der Waals surface area contributed by atoms with Crippen LogP contribution in [0.4, 0.5) is 0 Å². The highest BCUT2D eigenvalue weighted by atomic mass is 16.2. The van der Waals surface area contributed by atoms with Gasteiger partial charge in [0.25, 0.3) is 5.78 Å². The monoisotopic (exact) mass is 173 g/mol. The zero-order valence-corrected chi connectivity index (χ0v) is 7.07. The maximum absolute atomic E-state index is 11.3. The number of rotatable bonds is 0. The second-order valence-corrected chi connectivity index (χ2v) is 2.92. The van der Waals surface area contributed by atoms with Gasteiger partial charge >= 0.3 is 0 Å². The average molecular weight is 173 g/mol. The summed E-state index contributed by atoms with van der Waals surface area (Å²) in [5, 5.41) is 0. The molecule has 3 heteroatoms. The Morgan fingerprint density at radius 2 is 1.92 bits per heavy atom. The van der Waals surface area contributed by atoms with E-state index in [1.165, 1.54) is 6.08 Å². The van der Waals surface area contributed by atoms with Gasteiger partial charge in [-0.2, -0.15) is 0 Å². The van der Waals surface area contributed by atoms with E-state index >= 15 is 0 Å². The van der Waals surface area contributed by atoms with Gasteiger partial charge in [0.05, 0.1) is 0 Å². The molecule has 1 aromatic rings. The van der Waals surface area contributed by atoms with Gasteiger partial charge in [-0.1, -0.05) is 6.07 Å². The number of aromatic nitrogens is 1. The molecule has 1 aliphatic carbocycles. The Morgan fingerprint density at radius 3 is 2.69 bits per heavy atom. The summed E-state index contributed by atoms with van der Waals surface area (Å²) in [4.78, 5) is 26.3. The van der Waals surface area contributed by atoms with E-state index in [9.17, 15) is 9.59 Å². The molecule has 0 fully saturated rings. The lowest BCUT2D eigenvalue weighted by Crippen LogP contribution is -2.18. The quantitative estimate of drug-likeness (QED) is 0.553. The van der Waals surface area contributed by atoms with Crippen LogP contribution in [0.2, 0.25) is 0 Å². The first-order valence-electron chi connectivity index (χ1n) is 3.93. The molecule has 1 aliphatic rings. The van der Waals surface area contributed by atoms with E-state index in [1.807, 2.05) is 6.07 Å². The van der Waals surface area contributed by atoms with Crippen LogP contribution in [-0.2, 0) is 4.79 Å². The summed E-state index contributed by atoms with van der Waals surface area (Å²) in [5.41, 5.74) is 1.73. The fourth-order valence-corrected chi connectivity index (χ4v) is 1.24. The van der Waals surface area contributed by atoms with Crippen molar-refractivity contribution in [1.82, 2.24) is 4.98 Å². The van der Waals surface area contributed by atoms with Gasteiger partial charge in [0, 0.05) is 11.3 Å². The standard InChI is InChI=1S/C10H7NO2/c1-6-2-3-7-4-5-8(12)10(13)9(7)11-6/h2-5H,1H3. The number of carbonyl (C=O) groups is 2. The molecule has 0 aliphatic heterocycles. The number of nitrogens with zero attached hydrogens (tertiary/aromatic N) is 1. The van der Waals surface area contributed by atoms with Gasteiger partial charge in [0.1, 0.15) is 5.69 Å². The van der Waals surface area contributed by atoms with Crippen molar-refractivity contribution < 1.29 is 9.59 Å². The van der Waals surface area contributed by atoms with Crippen LogP contribution in [0.25, 0.3) is 6.08 Å². The number of hydrogen-bond donors (Lipinski definition) is 0. The van der Waals surface area contributed by atoms with E-state index in [4.69, 9.17) is 0 Å². The molecular weight excluding hydrogens is 166 g/mol. The average Bonchev–Trinajstić information content (AvgIpc) is 2.12. The summed E-state index contributed by atoms with van der Waals surface area (Å²) in [5.74, 6) is -1.01. The van der Waals surface area contributed by atoms with E-state index in [-0.39, 0.29) is 5.69 Å². The molecule has 0 saturated carbocycles. The third-order valence-electron chi connectivity index (χ3n) is 1.92. The van der Waals surface area contributed by atoms with Crippen molar-refractivity contribution in [1.29, 1.82) is 0 Å². The molecular formula is C10H7NO2. The van der Waals surface area contributed by atoms with Crippen molar-refractivity contribution in [3.8, 4) is 0 Å². The Bertz CT molecular complexity index is 433. The molecule has 0 unspecified atom stereocenters. The first kappa shape index (κ1) is 7.86. The van der Waals surface area contributed by atoms with Crippen LogP contribution in [0.5, 0.6) is 0 Å². The number of carbonyl (C=O) groups excluding carboxylic acids is 2. The van der Waals surface area contributed by atoms with Crippen LogP contribution in [0.15, 0.2) is 18.2 Å². The lowest BCUT2D eigenvalue weighted by molar-refractivity contribution is -0.111. The normalized spacial score (nSPS) is 14.5. The fraction of sp³-hybridized carbons (Fsp3) is 0.100. The Hall–Kier alpha value is -1.77. The number of fused-ring (bicyclic) bond motifs is 1. The van der Waals surface area contributed by atoms with Crippen molar-refractivity contribution in [3.05, 3.63) is 35.2 Å². The van der Waals surface area contributed by atoms with E-state index < -0.39 is 11.6 Å². The summed E-state index contributed by atoms with van der Waals surface area (Å²) >= 11 is 0. The largest absolute Gasteiger partial charge is 0.285 e. The fourth-order valence-electron chi connectivity index (χ4n) is 1.24. The minimum Gasteiger partial charge on any atom is -0.285 e. The molecule has 1 heterocycles. The van der Waals surface area contributed by atoms with Gasteiger partial charge in [-0.15, -0.1) is 0 Å². The summed E-state index contributed by atoms with van der Waals surface area (Å²) < 4.78 is 0. The third kappa shape index (κ3) is 1.18. The summed E-state index contributed by atoms with van der Waals surface area (Å²) in [6.45, 7) is 1.79. The number of pyridine rings is 1. The number of ketones is 2. The predicted octanol–water partition coefficient (Wildman–Crippen LogP) is 1.17. The van der Waals surface area contributed by atoms with Crippen molar-refractivity contribution in [2.75, 3.05) is 0 Å². The molecule has 0 N–H and O–H groups in total. The number of hydrogen-bond acceptors (Lipinski definition) is 3. The first-order chi connectivity index (χ1) is 6.18. The van der Waals surface area contributed by atoms with Crippen molar-refractivity contribution in [3.63, 3.8) is 0 Å². The molecule has 0 atom stereocenters. The molecule has 0 saturated heterocycles. The van der Waals surface area contributed by atoms with Crippen LogP contribution in [0.3, 0.4) is 0 Å². The van der Waals surface area contributed by atoms with Crippen LogP contribution < -0.4 is 0 Å². The minimum atomic E-state index is -0.513. The zero-order valence-electron chi connectivity index (χ0n) is 7.07. The molecule has 2 rings (SSSR count). The van der Waals surface area contributed by atoms with Gasteiger partial charge in [-0.05, 0) is 25.1 Å². The molecule has 0 amide bonds. The van der Waals surface area contributed by atoms with E-state index in [0.717, 1.165) is 11.3 Å². The van der Waals surface area contributed by atoms with E-state index in [0.29, 0.717) is 0 Å². The first-order valence-corrected chi connectivity index (χ1v) is 3.93. The van der Waals surface area contributed by atoms with Gasteiger partial charge in [0.2, 0.25) is 5.78 Å². The lowest BCUT2D eigenvalue weighted by atomic mass is 10.0. The molecule has 64 valence electrons. The Morgan fingerprint density at radius 1 is 1.15 bits per heavy atom. The van der Waals surface area contributed by atoms with Gasteiger partial charge < -0.3 is 0 Å². The smallest absolute Gasteiger partial charge is 0.251 e. The maximum Gasteiger partial charge on any atom is 0.251 e. The molecule has 0 aromatic carbocycles. The van der Waals surface area contributed by atoms with Crippen molar-refractivity contribution in [2.24, 2.45) is 0 Å². The molecule has 1 aromatic heterocycles. The lowest BCUT2D eigenvalue weighted by Gasteiger charge is -2.07. The third-order valence-corrected chi connectivity index (χ3v) is 1.92. The number of allylic oxidation sites excluding steroid dienone is 1. The maximum atomic E-state index is 11.3. The van der Waals surface area contributed by atoms with Crippen molar-refractivity contribution in [2.45, 2.75) is 6.92 Å². The van der Waals surface area contributed by atoms with Crippen LogP contribution in [0.1, 0.15) is 21.7 Å². The molecule has 0 radical (unpaired) electrons. The van der Waals surface area contributed by atoms with Gasteiger partial charge in [0.15, 0.2) is 0 Å². The van der Waals surface area contributed by atoms with Crippen LogP contribution in [0, 0.1) is 6.92 Å². The zero-order chi connectivity index (χ0) is 9.42. The highest BCUT2D eigenvalue weighted by Crippen LogP contribution is 2.15. The Kier molecular flexibility index (Phi) is 1.59. The highest BCUT2D eigenvalue weighted by Gasteiger charge is 2.21.